The molecule has 0 aliphatic heterocycles. The van der Waals surface area contributed by atoms with E-state index in [9.17, 15) is 4.79 Å². The lowest BCUT2D eigenvalue weighted by molar-refractivity contribution is -0.137. The van der Waals surface area contributed by atoms with Crippen molar-refractivity contribution >= 4 is 5.97 Å². The topological polar surface area (TPSA) is 37.3 Å². The minimum Gasteiger partial charge on any atom is -0.481 e. The van der Waals surface area contributed by atoms with Crippen molar-refractivity contribution in [3.63, 3.8) is 0 Å². The molecule has 0 bridgehead atoms. The molecule has 0 amide bonds. The summed E-state index contributed by atoms with van der Waals surface area (Å²) < 4.78 is 0. The zero-order valence-corrected chi connectivity index (χ0v) is 10.6. The summed E-state index contributed by atoms with van der Waals surface area (Å²) >= 11 is 0. The lowest BCUT2D eigenvalue weighted by atomic mass is 10.1. The number of allylic oxidation sites excluding steroid dienone is 2. The molecule has 0 aliphatic rings. The van der Waals surface area contributed by atoms with Crippen molar-refractivity contribution in [1.29, 1.82) is 0 Å². The Hall–Kier alpha value is -0.790. The van der Waals surface area contributed by atoms with E-state index in [1.165, 1.54) is 38.5 Å². The Bertz CT molecular complexity index is 185. The molecule has 0 unspecified atom stereocenters. The van der Waals surface area contributed by atoms with Gasteiger partial charge in [0.2, 0.25) is 0 Å². The molecule has 0 fully saturated rings. The van der Waals surface area contributed by atoms with Gasteiger partial charge in [0.25, 0.3) is 0 Å². The molecular formula is C14H26O2. The Balaban J connectivity index is 3.07. The molecule has 0 rings (SSSR count). The van der Waals surface area contributed by atoms with Gasteiger partial charge in [-0.15, -0.1) is 0 Å². The summed E-state index contributed by atoms with van der Waals surface area (Å²) in [5.41, 5.74) is 0. The van der Waals surface area contributed by atoms with Crippen molar-refractivity contribution in [2.24, 2.45) is 0 Å². The third kappa shape index (κ3) is 13.2. The van der Waals surface area contributed by atoms with Crippen LogP contribution in [0.25, 0.3) is 0 Å². The predicted octanol–water partition coefficient (Wildman–Crippen LogP) is 4.55. The van der Waals surface area contributed by atoms with Gasteiger partial charge in [-0.1, -0.05) is 44.8 Å². The first-order valence-electron chi connectivity index (χ1n) is 6.64. The molecule has 1 N–H and O–H groups in total. The van der Waals surface area contributed by atoms with Gasteiger partial charge in [-0.2, -0.15) is 0 Å². The summed E-state index contributed by atoms with van der Waals surface area (Å²) in [5.74, 6) is -0.681. The number of carbonyl (C=O) groups is 1. The van der Waals surface area contributed by atoms with Gasteiger partial charge >= 0.3 is 5.97 Å². The summed E-state index contributed by atoms with van der Waals surface area (Å²) in [6, 6.07) is 0. The highest BCUT2D eigenvalue weighted by atomic mass is 16.4. The van der Waals surface area contributed by atoms with E-state index in [-0.39, 0.29) is 0 Å². The van der Waals surface area contributed by atoms with Crippen LogP contribution in [0.5, 0.6) is 0 Å². The summed E-state index contributed by atoms with van der Waals surface area (Å²) in [4.78, 5) is 10.2. The molecule has 2 nitrogen and oxygen atoms in total. The van der Waals surface area contributed by atoms with Gasteiger partial charge in [-0.3, -0.25) is 4.79 Å². The van der Waals surface area contributed by atoms with Crippen LogP contribution in [0.1, 0.15) is 71.1 Å². The molecule has 0 radical (unpaired) electrons. The molecule has 16 heavy (non-hydrogen) atoms. The number of carboxylic acid groups (broad SMARTS) is 1. The monoisotopic (exact) mass is 226 g/mol. The highest BCUT2D eigenvalue weighted by Gasteiger charge is 1.94. The van der Waals surface area contributed by atoms with E-state index in [0.29, 0.717) is 6.42 Å². The molecule has 0 saturated carbocycles. The van der Waals surface area contributed by atoms with Gasteiger partial charge < -0.3 is 5.11 Å². The van der Waals surface area contributed by atoms with Crippen molar-refractivity contribution in [3.05, 3.63) is 12.2 Å². The first-order chi connectivity index (χ1) is 7.77. The Labute approximate surface area is 99.7 Å². The molecule has 94 valence electrons. The van der Waals surface area contributed by atoms with Gasteiger partial charge in [0.1, 0.15) is 0 Å². The Morgan fingerprint density at radius 3 is 2.06 bits per heavy atom. The van der Waals surface area contributed by atoms with Gasteiger partial charge in [0.05, 0.1) is 0 Å². The second-order valence-electron chi connectivity index (χ2n) is 4.31. The van der Waals surface area contributed by atoms with Crippen molar-refractivity contribution in [2.75, 3.05) is 0 Å². The summed E-state index contributed by atoms with van der Waals surface area (Å²) in [5, 5.41) is 8.44. The number of carboxylic acids is 1. The van der Waals surface area contributed by atoms with Crippen LogP contribution in [-0.4, -0.2) is 11.1 Å². The van der Waals surface area contributed by atoms with Crippen LogP contribution in [0, 0.1) is 0 Å². The molecule has 0 spiro atoms. The lowest BCUT2D eigenvalue weighted by Crippen LogP contribution is -1.92. The van der Waals surface area contributed by atoms with Crippen molar-refractivity contribution < 1.29 is 9.90 Å². The van der Waals surface area contributed by atoms with Crippen LogP contribution in [0.3, 0.4) is 0 Å². The Morgan fingerprint density at radius 2 is 1.50 bits per heavy atom. The average Bonchev–Trinajstić information content (AvgIpc) is 2.25. The van der Waals surface area contributed by atoms with E-state index < -0.39 is 5.97 Å². The van der Waals surface area contributed by atoms with Crippen LogP contribution in [-0.2, 0) is 4.79 Å². The van der Waals surface area contributed by atoms with Crippen LogP contribution in [0.15, 0.2) is 12.2 Å². The van der Waals surface area contributed by atoms with E-state index in [0.717, 1.165) is 19.3 Å². The van der Waals surface area contributed by atoms with Gasteiger partial charge in [0, 0.05) is 6.42 Å². The van der Waals surface area contributed by atoms with Crippen molar-refractivity contribution in [1.82, 2.24) is 0 Å². The predicted molar refractivity (Wildman–Crippen MR) is 68.6 cm³/mol. The molecule has 0 aromatic rings. The summed E-state index contributed by atoms with van der Waals surface area (Å²) in [7, 11) is 0. The van der Waals surface area contributed by atoms with Gasteiger partial charge in [0.15, 0.2) is 0 Å². The molecular weight excluding hydrogens is 200 g/mol. The molecule has 0 heterocycles. The SMILES string of the molecule is CCCCCCC/C=C\CCCCC(=O)O. The largest absolute Gasteiger partial charge is 0.481 e. The highest BCUT2D eigenvalue weighted by molar-refractivity contribution is 5.66. The second kappa shape index (κ2) is 12.3. The normalized spacial score (nSPS) is 11.1. The fourth-order valence-electron chi connectivity index (χ4n) is 1.64. The molecule has 0 aromatic heterocycles. The van der Waals surface area contributed by atoms with E-state index in [1.807, 2.05) is 0 Å². The number of aliphatic carboxylic acids is 1. The molecule has 0 saturated heterocycles. The first kappa shape index (κ1) is 15.2. The number of unbranched alkanes of at least 4 members (excludes halogenated alkanes) is 7. The van der Waals surface area contributed by atoms with Gasteiger partial charge in [-0.05, 0) is 32.1 Å². The Morgan fingerprint density at radius 1 is 0.938 bits per heavy atom. The fourth-order valence-corrected chi connectivity index (χ4v) is 1.64. The molecule has 0 atom stereocenters. The minimum atomic E-state index is -0.681. The zero-order valence-electron chi connectivity index (χ0n) is 10.6. The van der Waals surface area contributed by atoms with E-state index in [1.54, 1.807) is 0 Å². The van der Waals surface area contributed by atoms with Gasteiger partial charge in [-0.25, -0.2) is 0 Å². The standard InChI is InChI=1S/C14H26O2/c1-2-3-4-5-6-7-8-9-10-11-12-13-14(15)16/h8-9H,2-7,10-13H2,1H3,(H,15,16)/b9-8-. The quantitative estimate of drug-likeness (QED) is 0.414. The maximum Gasteiger partial charge on any atom is 0.303 e. The number of hydrogen-bond acceptors (Lipinski definition) is 1. The lowest BCUT2D eigenvalue weighted by Gasteiger charge is -1.96. The third-order valence-electron chi connectivity index (χ3n) is 2.65. The Kier molecular flexibility index (Phi) is 11.7. The van der Waals surface area contributed by atoms with Crippen molar-refractivity contribution in [2.45, 2.75) is 71.1 Å². The van der Waals surface area contributed by atoms with Crippen LogP contribution in [0.4, 0.5) is 0 Å². The molecule has 2 heteroatoms. The summed E-state index contributed by atoms with van der Waals surface area (Å²) in [6.45, 7) is 2.23. The van der Waals surface area contributed by atoms with Crippen LogP contribution < -0.4 is 0 Å². The second-order valence-corrected chi connectivity index (χ2v) is 4.31. The maximum atomic E-state index is 10.2. The smallest absolute Gasteiger partial charge is 0.303 e. The molecule has 0 aliphatic carbocycles. The van der Waals surface area contributed by atoms with Crippen molar-refractivity contribution in [3.8, 4) is 0 Å². The average molecular weight is 226 g/mol. The third-order valence-corrected chi connectivity index (χ3v) is 2.65. The zero-order chi connectivity index (χ0) is 12.1. The van der Waals surface area contributed by atoms with Crippen LogP contribution in [0.2, 0.25) is 0 Å². The minimum absolute atomic E-state index is 0.310. The fraction of sp³-hybridized carbons (Fsp3) is 0.786. The number of hydrogen-bond donors (Lipinski definition) is 1. The van der Waals surface area contributed by atoms with E-state index >= 15 is 0 Å². The number of rotatable bonds is 11. The van der Waals surface area contributed by atoms with E-state index in [2.05, 4.69) is 19.1 Å². The maximum absolute atomic E-state index is 10.2. The van der Waals surface area contributed by atoms with Crippen LogP contribution >= 0.6 is 0 Å². The van der Waals surface area contributed by atoms with E-state index in [4.69, 9.17) is 5.11 Å². The highest BCUT2D eigenvalue weighted by Crippen LogP contribution is 2.06. The summed E-state index contributed by atoms with van der Waals surface area (Å²) in [6.07, 6.45) is 15.4. The molecule has 0 aromatic carbocycles. The first-order valence-corrected chi connectivity index (χ1v) is 6.64.